The van der Waals surface area contributed by atoms with E-state index in [9.17, 15) is 40.9 Å². The average molecular weight is 897 g/mol. The predicted octanol–water partition coefficient (Wildman–Crippen LogP) is 2.65. The lowest BCUT2D eigenvalue weighted by Crippen LogP contribution is -2.84. The summed E-state index contributed by atoms with van der Waals surface area (Å²) in [6, 6.07) is 0. The van der Waals surface area contributed by atoms with Crippen molar-refractivity contribution >= 4 is 0 Å². The molecular formula is C45H84O17. The average Bonchev–Trinajstić information content (AvgIpc) is 3.14. The molecule has 0 bridgehead atoms. The molecule has 0 spiro atoms. The lowest BCUT2D eigenvalue weighted by Gasteiger charge is -2.67. The van der Waals surface area contributed by atoms with Gasteiger partial charge in [-0.05, 0) is 110 Å². The molecule has 8 N–H and O–H groups in total. The zero-order chi connectivity index (χ0) is 48.6. The maximum atomic E-state index is 13.0. The number of rotatable bonds is 12. The van der Waals surface area contributed by atoms with Crippen molar-refractivity contribution in [1.82, 2.24) is 0 Å². The third-order valence-corrected chi connectivity index (χ3v) is 18.3. The Bertz CT molecular complexity index is 1640. The Morgan fingerprint density at radius 2 is 0.919 bits per heavy atom. The Morgan fingerprint density at radius 3 is 1.37 bits per heavy atom. The van der Waals surface area contributed by atoms with Gasteiger partial charge in [0.1, 0.15) is 67.7 Å². The summed E-state index contributed by atoms with van der Waals surface area (Å²) in [7, 11) is 2.84. The number of hydrogen-bond acceptors (Lipinski definition) is 17. The first-order chi connectivity index (χ1) is 27.4. The molecule has 4 aliphatic heterocycles. The summed E-state index contributed by atoms with van der Waals surface area (Å²) in [5, 5.41) is 97.4. The summed E-state index contributed by atoms with van der Waals surface area (Å²) in [5.41, 5.74) is -22.2. The minimum Gasteiger partial charge on any atom is -0.387 e. The molecule has 17 heteroatoms. The first-order valence-corrected chi connectivity index (χ1v) is 21.9. The van der Waals surface area contributed by atoms with E-state index >= 15 is 0 Å². The van der Waals surface area contributed by atoms with Gasteiger partial charge in [0.05, 0.1) is 25.4 Å². The third kappa shape index (κ3) is 7.12. The van der Waals surface area contributed by atoms with Gasteiger partial charge in [-0.2, -0.15) is 0 Å². The highest BCUT2D eigenvalue weighted by Crippen LogP contribution is 2.58. The Morgan fingerprint density at radius 1 is 0.484 bits per heavy atom. The molecule has 62 heavy (non-hydrogen) atoms. The Labute approximate surface area is 369 Å². The third-order valence-electron chi connectivity index (χ3n) is 18.3. The van der Waals surface area contributed by atoms with Gasteiger partial charge >= 0.3 is 0 Å². The molecule has 17 nitrogen and oxygen atoms in total. The summed E-state index contributed by atoms with van der Waals surface area (Å²) in [6.45, 7) is 28.0. The van der Waals surface area contributed by atoms with Gasteiger partial charge in [-0.3, -0.25) is 0 Å². The van der Waals surface area contributed by atoms with Crippen molar-refractivity contribution in [2.24, 2.45) is 17.8 Å². The molecule has 0 aromatic heterocycles. The first kappa shape index (κ1) is 53.9. The van der Waals surface area contributed by atoms with E-state index < -0.39 is 128 Å². The summed E-state index contributed by atoms with van der Waals surface area (Å²) in [4.78, 5) is 0. The smallest absolute Gasteiger partial charge is 0.197 e. The monoisotopic (exact) mass is 897 g/mol. The molecule has 4 fully saturated rings. The minimum atomic E-state index is -2.36. The maximum absolute atomic E-state index is 13.0. The molecule has 4 heterocycles. The number of methoxy groups -OCH3 is 2. The van der Waals surface area contributed by atoms with Crippen molar-refractivity contribution in [2.45, 2.75) is 235 Å². The van der Waals surface area contributed by atoms with E-state index in [1.807, 2.05) is 6.92 Å². The zero-order valence-corrected chi connectivity index (χ0v) is 41.5. The molecule has 4 saturated heterocycles. The molecule has 20 unspecified atom stereocenters. The fourth-order valence-corrected chi connectivity index (χ4v) is 10.5. The fraction of sp³-hybridized carbons (Fsp3) is 1.00. The Kier molecular flexibility index (Phi) is 13.4. The zero-order valence-electron chi connectivity index (χ0n) is 41.5. The van der Waals surface area contributed by atoms with Crippen LogP contribution in [0.5, 0.6) is 0 Å². The van der Waals surface area contributed by atoms with E-state index in [0.29, 0.717) is 6.42 Å². The molecule has 4 aliphatic rings. The second-order valence-electron chi connectivity index (χ2n) is 22.0. The van der Waals surface area contributed by atoms with Crippen LogP contribution < -0.4 is 0 Å². The molecule has 0 amide bonds. The van der Waals surface area contributed by atoms with E-state index in [4.69, 9.17) is 42.6 Å². The summed E-state index contributed by atoms with van der Waals surface area (Å²) in [5.74, 6) is -8.13. The van der Waals surface area contributed by atoms with Gasteiger partial charge in [0.25, 0.3) is 0 Å². The van der Waals surface area contributed by atoms with Gasteiger partial charge in [-0.15, -0.1) is 0 Å². The topological polar surface area (TPSA) is 245 Å². The second kappa shape index (κ2) is 15.4. The van der Waals surface area contributed by atoms with Crippen molar-refractivity contribution in [3.63, 3.8) is 0 Å². The second-order valence-corrected chi connectivity index (χ2v) is 22.0. The van der Waals surface area contributed by atoms with Crippen LogP contribution in [0.25, 0.3) is 0 Å². The van der Waals surface area contributed by atoms with Crippen molar-refractivity contribution < 1.29 is 83.5 Å². The van der Waals surface area contributed by atoms with Gasteiger partial charge in [0.2, 0.25) is 0 Å². The van der Waals surface area contributed by atoms with Gasteiger partial charge in [-0.25, -0.2) is 0 Å². The Balaban J connectivity index is 1.89. The van der Waals surface area contributed by atoms with Gasteiger partial charge in [0, 0.05) is 32.0 Å². The van der Waals surface area contributed by atoms with Gasteiger partial charge in [-0.1, -0.05) is 27.7 Å². The molecule has 0 aromatic carbocycles. The van der Waals surface area contributed by atoms with Crippen molar-refractivity contribution in [3.8, 4) is 0 Å². The van der Waals surface area contributed by atoms with Crippen LogP contribution in [0.2, 0.25) is 0 Å². The lowest BCUT2D eigenvalue weighted by molar-refractivity contribution is -0.489. The molecule has 0 aliphatic carbocycles. The highest BCUT2D eigenvalue weighted by atomic mass is 16.8. The summed E-state index contributed by atoms with van der Waals surface area (Å²) >= 11 is 0. The number of aliphatic hydroxyl groups is 8. The minimum absolute atomic E-state index is 0.191. The molecule has 20 atom stereocenters. The molecular weight excluding hydrogens is 812 g/mol. The summed E-state index contributed by atoms with van der Waals surface area (Å²) < 4.78 is 57.7. The van der Waals surface area contributed by atoms with Crippen LogP contribution >= 0.6 is 0 Å². The molecule has 0 aromatic rings. The largest absolute Gasteiger partial charge is 0.387 e. The van der Waals surface area contributed by atoms with Crippen LogP contribution in [0.3, 0.4) is 0 Å². The SMILES string of the molecule is CCC1(C)OC(OCC2(C)OC(C)(OCC3(C)OC(C)(OC)C(C)C(C)(O)C3(C)O)C(C)(O)C(OC3(C)OC(C)(COC)C(C)(O)C(C)(O)C3C)C2(C)O)C(C)C(C)(O)C1(C)O. The number of ether oxygens (including phenoxy) is 9. The van der Waals surface area contributed by atoms with Gasteiger partial charge in [0.15, 0.2) is 23.7 Å². The quantitative estimate of drug-likeness (QED) is 0.140. The molecule has 0 radical (unpaired) electrons. The van der Waals surface area contributed by atoms with Crippen LogP contribution in [0.15, 0.2) is 0 Å². The highest BCUT2D eigenvalue weighted by Gasteiger charge is 2.76. The molecule has 0 saturated carbocycles. The van der Waals surface area contributed by atoms with E-state index in [1.165, 1.54) is 97.3 Å². The van der Waals surface area contributed by atoms with Crippen LogP contribution in [0.4, 0.5) is 0 Å². The van der Waals surface area contributed by atoms with Crippen LogP contribution in [0.1, 0.15) is 138 Å². The van der Waals surface area contributed by atoms with Crippen LogP contribution in [-0.4, -0.2) is 172 Å². The highest BCUT2D eigenvalue weighted by molar-refractivity contribution is 5.21. The lowest BCUT2D eigenvalue weighted by atomic mass is 9.63. The van der Waals surface area contributed by atoms with E-state index in [2.05, 4.69) is 0 Å². The van der Waals surface area contributed by atoms with Crippen molar-refractivity contribution in [2.75, 3.05) is 34.0 Å². The van der Waals surface area contributed by atoms with E-state index in [1.54, 1.807) is 41.5 Å². The first-order valence-electron chi connectivity index (χ1n) is 21.9. The predicted molar refractivity (Wildman–Crippen MR) is 225 cm³/mol. The number of hydrogen-bond donors (Lipinski definition) is 8. The van der Waals surface area contributed by atoms with Crippen molar-refractivity contribution in [1.29, 1.82) is 0 Å². The maximum Gasteiger partial charge on any atom is 0.197 e. The van der Waals surface area contributed by atoms with E-state index in [-0.39, 0.29) is 6.61 Å². The molecule has 366 valence electrons. The van der Waals surface area contributed by atoms with Crippen LogP contribution in [-0.2, 0) is 42.6 Å². The Hall–Kier alpha value is -0.680. The fourth-order valence-electron chi connectivity index (χ4n) is 10.5. The normalized spacial score (nSPS) is 59.9. The standard InChI is InChI=1S/C45H84O17/c1-22-31(5)42(16,51)35(9,46)26(2)29(58-31)56-24-32(6)38(12,49)30(59-41(15)28(4)37(11,48)43(17,52)33(7,61-41)23-54-20)39(13,50)45(19,62-32)57-25-34(8)44(18,53)36(10,47)27(3)40(14,55-21)60-34/h26-30,46-53H,22-25H2,1-21H3. The van der Waals surface area contributed by atoms with Crippen molar-refractivity contribution in [3.05, 3.63) is 0 Å². The van der Waals surface area contributed by atoms with Crippen LogP contribution in [0, 0.1) is 17.8 Å². The molecule has 4 rings (SSSR count). The van der Waals surface area contributed by atoms with E-state index in [0.717, 1.165) is 0 Å². The van der Waals surface area contributed by atoms with Gasteiger partial charge < -0.3 is 83.5 Å². The summed E-state index contributed by atoms with van der Waals surface area (Å²) in [6.07, 6.45) is -2.61.